The van der Waals surface area contributed by atoms with Crippen molar-refractivity contribution >= 4 is 5.69 Å². The zero-order valence-corrected chi connectivity index (χ0v) is 9.45. The summed E-state index contributed by atoms with van der Waals surface area (Å²) < 4.78 is 0. The highest BCUT2D eigenvalue weighted by Crippen LogP contribution is 2.24. The molecular weight excluding hydrogens is 184 g/mol. The standard InChI is InChI=1S/C13H20N2/c1-11-5-7-12(8-6-11)15-9-3-2-4-13(15)10-14/h5-8,13H,2-4,9-10,14H2,1H3/t13-/m1/s1. The number of piperidine rings is 1. The zero-order valence-electron chi connectivity index (χ0n) is 9.45. The van der Waals surface area contributed by atoms with E-state index >= 15 is 0 Å². The highest BCUT2D eigenvalue weighted by atomic mass is 15.2. The molecular formula is C13H20N2. The van der Waals surface area contributed by atoms with Gasteiger partial charge in [-0.05, 0) is 38.3 Å². The normalized spacial score (nSPS) is 21.7. The Labute approximate surface area is 92.1 Å². The summed E-state index contributed by atoms with van der Waals surface area (Å²) in [4.78, 5) is 2.46. The van der Waals surface area contributed by atoms with Gasteiger partial charge in [-0.15, -0.1) is 0 Å². The van der Waals surface area contributed by atoms with Gasteiger partial charge in [0.15, 0.2) is 0 Å². The van der Waals surface area contributed by atoms with Crippen LogP contribution in [0.25, 0.3) is 0 Å². The molecule has 1 heterocycles. The van der Waals surface area contributed by atoms with E-state index in [1.54, 1.807) is 0 Å². The average Bonchev–Trinajstić information content (AvgIpc) is 2.30. The van der Waals surface area contributed by atoms with Crippen molar-refractivity contribution in [1.29, 1.82) is 0 Å². The van der Waals surface area contributed by atoms with Crippen LogP contribution in [0.5, 0.6) is 0 Å². The minimum absolute atomic E-state index is 0.543. The van der Waals surface area contributed by atoms with Gasteiger partial charge in [-0.25, -0.2) is 0 Å². The van der Waals surface area contributed by atoms with Crippen molar-refractivity contribution in [3.05, 3.63) is 29.8 Å². The van der Waals surface area contributed by atoms with E-state index in [-0.39, 0.29) is 0 Å². The van der Waals surface area contributed by atoms with Gasteiger partial charge in [-0.2, -0.15) is 0 Å². The molecule has 0 amide bonds. The average molecular weight is 204 g/mol. The lowest BCUT2D eigenvalue weighted by Gasteiger charge is -2.37. The summed E-state index contributed by atoms with van der Waals surface area (Å²) in [5, 5.41) is 0. The summed E-state index contributed by atoms with van der Waals surface area (Å²) in [6.07, 6.45) is 3.86. The molecule has 2 N–H and O–H groups in total. The quantitative estimate of drug-likeness (QED) is 0.801. The van der Waals surface area contributed by atoms with Gasteiger partial charge in [-0.1, -0.05) is 17.7 Å². The van der Waals surface area contributed by atoms with Crippen LogP contribution in [0, 0.1) is 6.92 Å². The van der Waals surface area contributed by atoms with E-state index in [2.05, 4.69) is 36.1 Å². The zero-order chi connectivity index (χ0) is 10.7. The molecule has 0 aromatic heterocycles. The van der Waals surface area contributed by atoms with Gasteiger partial charge in [0.25, 0.3) is 0 Å². The summed E-state index contributed by atoms with van der Waals surface area (Å²) >= 11 is 0. The highest BCUT2D eigenvalue weighted by Gasteiger charge is 2.20. The Hall–Kier alpha value is -1.02. The third kappa shape index (κ3) is 2.32. The molecule has 1 saturated heterocycles. The monoisotopic (exact) mass is 204 g/mol. The predicted octanol–water partition coefficient (Wildman–Crippen LogP) is 2.31. The lowest BCUT2D eigenvalue weighted by Crippen LogP contribution is -2.44. The molecule has 15 heavy (non-hydrogen) atoms. The molecule has 2 heteroatoms. The number of hydrogen-bond donors (Lipinski definition) is 1. The maximum atomic E-state index is 5.82. The first-order valence-corrected chi connectivity index (χ1v) is 5.84. The van der Waals surface area contributed by atoms with E-state index in [1.807, 2.05) is 0 Å². The molecule has 0 saturated carbocycles. The topological polar surface area (TPSA) is 29.3 Å². The van der Waals surface area contributed by atoms with E-state index in [0.717, 1.165) is 13.1 Å². The van der Waals surface area contributed by atoms with Gasteiger partial charge >= 0.3 is 0 Å². The number of rotatable bonds is 2. The molecule has 0 radical (unpaired) electrons. The fourth-order valence-electron chi connectivity index (χ4n) is 2.32. The number of benzene rings is 1. The van der Waals surface area contributed by atoms with Crippen LogP contribution in [-0.4, -0.2) is 19.1 Å². The van der Waals surface area contributed by atoms with Crippen LogP contribution in [0.15, 0.2) is 24.3 Å². The first-order chi connectivity index (χ1) is 7.31. The Morgan fingerprint density at radius 2 is 2.00 bits per heavy atom. The van der Waals surface area contributed by atoms with E-state index in [0.29, 0.717) is 6.04 Å². The summed E-state index contributed by atoms with van der Waals surface area (Å²) in [5.74, 6) is 0. The van der Waals surface area contributed by atoms with Crippen LogP contribution in [0.4, 0.5) is 5.69 Å². The Morgan fingerprint density at radius 1 is 1.27 bits per heavy atom. The molecule has 0 aliphatic carbocycles. The van der Waals surface area contributed by atoms with Crippen molar-refractivity contribution in [2.45, 2.75) is 32.2 Å². The Morgan fingerprint density at radius 3 is 2.67 bits per heavy atom. The predicted molar refractivity (Wildman–Crippen MR) is 65.2 cm³/mol. The number of nitrogens with zero attached hydrogens (tertiary/aromatic N) is 1. The van der Waals surface area contributed by atoms with Crippen LogP contribution in [0.1, 0.15) is 24.8 Å². The Balaban J connectivity index is 2.16. The highest BCUT2D eigenvalue weighted by molar-refractivity contribution is 5.48. The second-order valence-corrected chi connectivity index (χ2v) is 4.41. The second-order valence-electron chi connectivity index (χ2n) is 4.41. The van der Waals surface area contributed by atoms with Crippen LogP contribution in [-0.2, 0) is 0 Å². The number of nitrogens with two attached hydrogens (primary N) is 1. The van der Waals surface area contributed by atoms with E-state index in [1.165, 1.54) is 30.5 Å². The minimum Gasteiger partial charge on any atom is -0.367 e. The molecule has 2 rings (SSSR count). The summed E-state index contributed by atoms with van der Waals surface area (Å²) in [6, 6.07) is 9.32. The largest absolute Gasteiger partial charge is 0.367 e. The van der Waals surface area contributed by atoms with Crippen molar-refractivity contribution in [2.75, 3.05) is 18.0 Å². The molecule has 1 atom stereocenters. The summed E-state index contributed by atoms with van der Waals surface area (Å²) in [6.45, 7) is 4.05. The van der Waals surface area contributed by atoms with Crippen LogP contribution in [0.2, 0.25) is 0 Å². The molecule has 0 unspecified atom stereocenters. The third-order valence-electron chi connectivity index (χ3n) is 3.26. The molecule has 1 fully saturated rings. The van der Waals surface area contributed by atoms with Gasteiger partial charge in [-0.3, -0.25) is 0 Å². The van der Waals surface area contributed by atoms with Gasteiger partial charge in [0, 0.05) is 24.8 Å². The smallest absolute Gasteiger partial charge is 0.0412 e. The van der Waals surface area contributed by atoms with Gasteiger partial charge < -0.3 is 10.6 Å². The van der Waals surface area contributed by atoms with E-state index in [9.17, 15) is 0 Å². The SMILES string of the molecule is Cc1ccc(N2CCCC[C@@H]2CN)cc1. The molecule has 1 aliphatic heterocycles. The number of anilines is 1. The van der Waals surface area contributed by atoms with Crippen molar-refractivity contribution in [3.63, 3.8) is 0 Å². The third-order valence-corrected chi connectivity index (χ3v) is 3.26. The Kier molecular flexibility index (Phi) is 3.27. The molecule has 2 nitrogen and oxygen atoms in total. The van der Waals surface area contributed by atoms with Gasteiger partial charge in [0.05, 0.1) is 0 Å². The fourth-order valence-corrected chi connectivity index (χ4v) is 2.32. The number of hydrogen-bond acceptors (Lipinski definition) is 2. The molecule has 0 bridgehead atoms. The lowest BCUT2D eigenvalue weighted by molar-refractivity contribution is 0.465. The van der Waals surface area contributed by atoms with Crippen LogP contribution >= 0.6 is 0 Å². The number of aryl methyl sites for hydroxylation is 1. The maximum absolute atomic E-state index is 5.82. The van der Waals surface area contributed by atoms with Crippen molar-refractivity contribution < 1.29 is 0 Å². The first-order valence-electron chi connectivity index (χ1n) is 5.84. The molecule has 1 aromatic rings. The maximum Gasteiger partial charge on any atom is 0.0412 e. The first kappa shape index (κ1) is 10.5. The second kappa shape index (κ2) is 4.67. The van der Waals surface area contributed by atoms with Crippen LogP contribution < -0.4 is 10.6 Å². The van der Waals surface area contributed by atoms with Gasteiger partial charge in [0.1, 0.15) is 0 Å². The summed E-state index contributed by atoms with van der Waals surface area (Å²) in [5.41, 5.74) is 8.47. The molecule has 1 aliphatic rings. The Bertz CT molecular complexity index is 305. The minimum atomic E-state index is 0.543. The van der Waals surface area contributed by atoms with Gasteiger partial charge in [0.2, 0.25) is 0 Å². The molecule has 0 spiro atoms. The summed E-state index contributed by atoms with van der Waals surface area (Å²) in [7, 11) is 0. The lowest BCUT2D eigenvalue weighted by atomic mass is 10.0. The van der Waals surface area contributed by atoms with E-state index in [4.69, 9.17) is 5.73 Å². The van der Waals surface area contributed by atoms with Crippen molar-refractivity contribution in [3.8, 4) is 0 Å². The molecule has 82 valence electrons. The fraction of sp³-hybridized carbons (Fsp3) is 0.538. The van der Waals surface area contributed by atoms with Crippen molar-refractivity contribution in [2.24, 2.45) is 5.73 Å². The van der Waals surface area contributed by atoms with Crippen LogP contribution in [0.3, 0.4) is 0 Å². The van der Waals surface area contributed by atoms with E-state index < -0.39 is 0 Å². The molecule has 1 aromatic carbocycles. The van der Waals surface area contributed by atoms with Crippen molar-refractivity contribution in [1.82, 2.24) is 0 Å².